The van der Waals surface area contributed by atoms with Crippen molar-refractivity contribution in [1.29, 1.82) is 0 Å². The highest BCUT2D eigenvalue weighted by atomic mass is 35.5. The molecular weight excluding hydrogens is 485 g/mol. The number of halogens is 3. The number of ether oxygens (including phenoxy) is 1. The molecule has 9 heteroatoms. The molecule has 0 aliphatic carbocycles. The van der Waals surface area contributed by atoms with Crippen LogP contribution >= 0.6 is 34.8 Å². The minimum absolute atomic E-state index is 0.228. The normalized spacial score (nSPS) is 11.8. The Bertz CT molecular complexity index is 1170. The van der Waals surface area contributed by atoms with Crippen LogP contribution in [0.4, 0.5) is 0 Å². The van der Waals surface area contributed by atoms with Gasteiger partial charge in [-0.2, -0.15) is 5.10 Å². The van der Waals surface area contributed by atoms with E-state index in [1.807, 2.05) is 30.3 Å². The Morgan fingerprint density at radius 1 is 0.970 bits per heavy atom. The molecule has 0 aliphatic heterocycles. The molecule has 0 bridgehead atoms. The summed E-state index contributed by atoms with van der Waals surface area (Å²) in [6, 6.07) is 19.1. The Morgan fingerprint density at radius 2 is 1.73 bits per heavy atom. The predicted octanol–water partition coefficient (Wildman–Crippen LogP) is 5.55. The monoisotopic (exact) mass is 503 g/mol. The number of hydrazone groups is 1. The van der Waals surface area contributed by atoms with Crippen molar-refractivity contribution in [1.82, 2.24) is 10.7 Å². The number of rotatable bonds is 7. The van der Waals surface area contributed by atoms with E-state index in [9.17, 15) is 9.59 Å². The molecule has 0 radical (unpaired) electrons. The van der Waals surface area contributed by atoms with Gasteiger partial charge in [0, 0.05) is 10.6 Å². The minimum atomic E-state index is -0.894. The Morgan fingerprint density at radius 3 is 2.45 bits per heavy atom. The first kappa shape index (κ1) is 24.6. The van der Waals surface area contributed by atoms with Gasteiger partial charge in [0.2, 0.25) is 0 Å². The van der Waals surface area contributed by atoms with Crippen LogP contribution in [0.2, 0.25) is 15.1 Å². The largest absolute Gasteiger partial charge is 0.488 e. The molecule has 0 aromatic heterocycles. The summed E-state index contributed by atoms with van der Waals surface area (Å²) in [6.07, 6.45) is 1.35. The van der Waals surface area contributed by atoms with Crippen molar-refractivity contribution in [3.05, 3.63) is 98.5 Å². The van der Waals surface area contributed by atoms with Crippen LogP contribution in [-0.2, 0) is 16.2 Å². The maximum atomic E-state index is 12.1. The zero-order valence-electron chi connectivity index (χ0n) is 17.5. The molecule has 3 aromatic rings. The van der Waals surface area contributed by atoms with Crippen LogP contribution in [0.5, 0.6) is 5.75 Å². The van der Waals surface area contributed by atoms with Gasteiger partial charge in [-0.25, -0.2) is 5.43 Å². The smallest absolute Gasteiger partial charge is 0.329 e. The zero-order valence-corrected chi connectivity index (χ0v) is 19.8. The Balaban J connectivity index is 1.60. The molecular formula is C24H20Cl3N3O3. The highest BCUT2D eigenvalue weighted by molar-refractivity contribution is 6.42. The lowest BCUT2D eigenvalue weighted by Gasteiger charge is -2.13. The number of amides is 2. The van der Waals surface area contributed by atoms with E-state index in [1.165, 1.54) is 6.21 Å². The molecule has 3 aromatic carbocycles. The summed E-state index contributed by atoms with van der Waals surface area (Å²) in [7, 11) is 0. The molecule has 33 heavy (non-hydrogen) atoms. The van der Waals surface area contributed by atoms with Crippen LogP contribution < -0.4 is 15.5 Å². The molecule has 3 rings (SSSR count). The van der Waals surface area contributed by atoms with Gasteiger partial charge in [0.15, 0.2) is 0 Å². The molecule has 0 fully saturated rings. The quantitative estimate of drug-likeness (QED) is 0.251. The van der Waals surface area contributed by atoms with Gasteiger partial charge < -0.3 is 10.1 Å². The summed E-state index contributed by atoms with van der Waals surface area (Å²) in [4.78, 5) is 24.2. The zero-order chi connectivity index (χ0) is 23.8. The number of hydrogen-bond donors (Lipinski definition) is 2. The molecule has 0 aliphatic rings. The predicted molar refractivity (Wildman–Crippen MR) is 131 cm³/mol. The second-order valence-electron chi connectivity index (χ2n) is 7.02. The van der Waals surface area contributed by atoms with Crippen LogP contribution in [0.3, 0.4) is 0 Å². The SMILES string of the molecule is C[C@@H](NC(=O)C(=O)N/N=C\c1cc(Cl)ccc1OCc1ccc(Cl)c(Cl)c1)c1ccccc1. The van der Waals surface area contributed by atoms with E-state index >= 15 is 0 Å². The van der Waals surface area contributed by atoms with Crippen LogP contribution in [0, 0.1) is 0 Å². The fourth-order valence-electron chi connectivity index (χ4n) is 2.84. The van der Waals surface area contributed by atoms with Crippen molar-refractivity contribution in [3.63, 3.8) is 0 Å². The van der Waals surface area contributed by atoms with E-state index in [1.54, 1.807) is 43.3 Å². The second-order valence-corrected chi connectivity index (χ2v) is 8.28. The van der Waals surface area contributed by atoms with Crippen molar-refractivity contribution in [2.75, 3.05) is 0 Å². The molecule has 0 spiro atoms. The average Bonchev–Trinajstić information content (AvgIpc) is 2.81. The number of nitrogens with one attached hydrogen (secondary N) is 2. The van der Waals surface area contributed by atoms with Gasteiger partial charge in [-0.05, 0) is 48.4 Å². The molecule has 0 saturated heterocycles. The molecule has 170 valence electrons. The van der Waals surface area contributed by atoms with Gasteiger partial charge in [-0.15, -0.1) is 0 Å². The van der Waals surface area contributed by atoms with Crippen LogP contribution in [0.1, 0.15) is 29.7 Å². The molecule has 6 nitrogen and oxygen atoms in total. The summed E-state index contributed by atoms with van der Waals surface area (Å²) in [5, 5.41) is 7.83. The molecule has 0 unspecified atom stereocenters. The van der Waals surface area contributed by atoms with E-state index in [0.717, 1.165) is 11.1 Å². The third-order valence-corrected chi connectivity index (χ3v) is 5.55. The van der Waals surface area contributed by atoms with Gasteiger partial charge in [0.1, 0.15) is 12.4 Å². The van der Waals surface area contributed by atoms with E-state index in [0.29, 0.717) is 26.4 Å². The summed E-state index contributed by atoms with van der Waals surface area (Å²) in [5.74, 6) is -1.22. The van der Waals surface area contributed by atoms with Gasteiger partial charge in [0.05, 0.1) is 22.3 Å². The lowest BCUT2D eigenvalue weighted by molar-refractivity contribution is -0.139. The van der Waals surface area contributed by atoms with Gasteiger partial charge in [0.25, 0.3) is 0 Å². The third-order valence-electron chi connectivity index (χ3n) is 4.57. The first-order valence-corrected chi connectivity index (χ1v) is 11.0. The van der Waals surface area contributed by atoms with Crippen LogP contribution in [-0.4, -0.2) is 18.0 Å². The highest BCUT2D eigenvalue weighted by Gasteiger charge is 2.16. The van der Waals surface area contributed by atoms with E-state index in [4.69, 9.17) is 39.5 Å². The second kappa shape index (κ2) is 11.7. The summed E-state index contributed by atoms with van der Waals surface area (Å²) in [6.45, 7) is 2.01. The van der Waals surface area contributed by atoms with E-state index in [2.05, 4.69) is 15.8 Å². The van der Waals surface area contributed by atoms with Gasteiger partial charge >= 0.3 is 11.8 Å². The number of nitrogens with zero attached hydrogens (tertiary/aromatic N) is 1. The molecule has 1 atom stereocenters. The fourth-order valence-corrected chi connectivity index (χ4v) is 3.34. The summed E-state index contributed by atoms with van der Waals surface area (Å²) >= 11 is 18.1. The van der Waals surface area contributed by atoms with Crippen molar-refractivity contribution in [2.24, 2.45) is 5.10 Å². The van der Waals surface area contributed by atoms with Crippen molar-refractivity contribution in [2.45, 2.75) is 19.6 Å². The number of carbonyl (C=O) groups excluding carboxylic acids is 2. The number of benzene rings is 3. The molecule has 2 N–H and O–H groups in total. The molecule has 2 amide bonds. The van der Waals surface area contributed by atoms with E-state index < -0.39 is 11.8 Å². The summed E-state index contributed by atoms with van der Waals surface area (Å²) < 4.78 is 5.84. The maximum absolute atomic E-state index is 12.1. The average molecular weight is 505 g/mol. The van der Waals surface area contributed by atoms with Gasteiger partial charge in [-0.3, -0.25) is 9.59 Å². The lowest BCUT2D eigenvalue weighted by atomic mass is 10.1. The van der Waals surface area contributed by atoms with Crippen LogP contribution in [0.25, 0.3) is 0 Å². The first-order chi connectivity index (χ1) is 15.8. The fraction of sp³-hybridized carbons (Fsp3) is 0.125. The molecule has 0 heterocycles. The Labute approximate surface area is 206 Å². The highest BCUT2D eigenvalue weighted by Crippen LogP contribution is 2.25. The standard InChI is InChI=1S/C24H20Cl3N3O3/c1-15(17-5-3-2-4-6-17)29-23(31)24(32)30-28-13-18-12-19(25)8-10-22(18)33-14-16-7-9-20(26)21(27)11-16/h2-13,15H,14H2,1H3,(H,29,31)(H,30,32)/b28-13-/t15-/m1/s1. The van der Waals surface area contributed by atoms with Gasteiger partial charge in [-0.1, -0.05) is 71.2 Å². The Hall–Kier alpha value is -3.06. The topological polar surface area (TPSA) is 79.8 Å². The van der Waals surface area contributed by atoms with Crippen molar-refractivity contribution >= 4 is 52.8 Å². The van der Waals surface area contributed by atoms with Crippen LogP contribution in [0.15, 0.2) is 71.8 Å². The third kappa shape index (κ3) is 7.22. The number of carbonyl (C=O) groups is 2. The number of hydrogen-bond acceptors (Lipinski definition) is 4. The lowest BCUT2D eigenvalue weighted by Crippen LogP contribution is -2.39. The van der Waals surface area contributed by atoms with Crippen molar-refractivity contribution < 1.29 is 14.3 Å². The minimum Gasteiger partial charge on any atom is -0.488 e. The van der Waals surface area contributed by atoms with Crippen molar-refractivity contribution in [3.8, 4) is 5.75 Å². The maximum Gasteiger partial charge on any atom is 0.329 e. The van der Waals surface area contributed by atoms with E-state index in [-0.39, 0.29) is 12.6 Å². The molecule has 0 saturated carbocycles. The summed E-state index contributed by atoms with van der Waals surface area (Å²) in [5.41, 5.74) is 4.42. The first-order valence-electron chi connectivity index (χ1n) is 9.88. The Kier molecular flexibility index (Phi) is 8.72.